The summed E-state index contributed by atoms with van der Waals surface area (Å²) in [6.45, 7) is 4.97. The Bertz CT molecular complexity index is 628. The van der Waals surface area contributed by atoms with E-state index < -0.39 is 4.92 Å². The van der Waals surface area contributed by atoms with Gasteiger partial charge in [0, 0.05) is 31.0 Å². The Labute approximate surface area is 122 Å². The van der Waals surface area contributed by atoms with E-state index in [9.17, 15) is 10.1 Å². The van der Waals surface area contributed by atoms with Crippen molar-refractivity contribution in [3.05, 3.63) is 51.8 Å². The zero-order chi connectivity index (χ0) is 15.2. The lowest BCUT2D eigenvalue weighted by Crippen LogP contribution is -2.07. The third-order valence-electron chi connectivity index (χ3n) is 2.86. The summed E-state index contributed by atoms with van der Waals surface area (Å²) in [5.74, 6) is 0.853. The summed E-state index contributed by atoms with van der Waals surface area (Å²) in [6.07, 6.45) is 1.74. The van der Waals surface area contributed by atoms with Gasteiger partial charge >= 0.3 is 5.69 Å². The molecule has 0 aliphatic carbocycles. The summed E-state index contributed by atoms with van der Waals surface area (Å²) in [7, 11) is 0. The Morgan fingerprint density at radius 2 is 2.05 bits per heavy atom. The van der Waals surface area contributed by atoms with E-state index in [1.165, 1.54) is 6.07 Å². The van der Waals surface area contributed by atoms with Gasteiger partial charge in [-0.15, -0.1) is 0 Å². The van der Waals surface area contributed by atoms with Crippen molar-refractivity contribution in [2.24, 2.45) is 0 Å². The van der Waals surface area contributed by atoms with Gasteiger partial charge in [0.2, 0.25) is 5.82 Å². The van der Waals surface area contributed by atoms with E-state index in [0.29, 0.717) is 18.9 Å². The van der Waals surface area contributed by atoms with Gasteiger partial charge < -0.3 is 10.6 Å². The molecule has 0 aromatic carbocycles. The maximum absolute atomic E-state index is 11.0. The highest BCUT2D eigenvalue weighted by molar-refractivity contribution is 5.60. The van der Waals surface area contributed by atoms with E-state index in [-0.39, 0.29) is 11.5 Å². The average Bonchev–Trinajstić information content (AvgIpc) is 2.47. The van der Waals surface area contributed by atoms with Gasteiger partial charge in [0.25, 0.3) is 0 Å². The molecule has 7 nitrogen and oxygen atoms in total. The van der Waals surface area contributed by atoms with Gasteiger partial charge in [-0.3, -0.25) is 15.1 Å². The first-order valence-electron chi connectivity index (χ1n) is 6.65. The lowest BCUT2D eigenvalue weighted by Gasteiger charge is -2.09. The smallest absolute Gasteiger partial charge is 0.311 e. The first-order valence-corrected chi connectivity index (χ1v) is 6.65. The topological polar surface area (TPSA) is 93.0 Å². The molecular weight excluding hydrogens is 270 g/mol. The predicted molar refractivity (Wildman–Crippen MR) is 81.4 cm³/mol. The number of aryl methyl sites for hydroxylation is 1. The standard InChI is InChI=1S/C14H17N5O2/c1-3-15-13-7-6-12(19(20)21)14(18-13)17-9-11-5-4-10(2)16-8-11/h4-8H,3,9H2,1-2H3,(H2,15,17,18). The first-order chi connectivity index (χ1) is 10.1. The molecule has 110 valence electrons. The normalized spacial score (nSPS) is 10.2. The van der Waals surface area contributed by atoms with Crippen LogP contribution in [-0.4, -0.2) is 21.4 Å². The van der Waals surface area contributed by atoms with E-state index in [1.54, 1.807) is 12.3 Å². The van der Waals surface area contributed by atoms with Crippen LogP contribution in [0.5, 0.6) is 0 Å². The van der Waals surface area contributed by atoms with Crippen molar-refractivity contribution < 1.29 is 4.92 Å². The second-order valence-corrected chi connectivity index (χ2v) is 4.51. The van der Waals surface area contributed by atoms with Gasteiger partial charge in [0.05, 0.1) is 4.92 Å². The first kappa shape index (κ1) is 14.7. The maximum Gasteiger partial charge on any atom is 0.311 e. The fraction of sp³-hybridized carbons (Fsp3) is 0.286. The number of hydrogen-bond acceptors (Lipinski definition) is 6. The molecule has 0 saturated carbocycles. The summed E-state index contributed by atoms with van der Waals surface area (Å²) in [5.41, 5.74) is 1.82. The highest BCUT2D eigenvalue weighted by Crippen LogP contribution is 2.24. The van der Waals surface area contributed by atoms with Crippen molar-refractivity contribution in [3.8, 4) is 0 Å². The third-order valence-corrected chi connectivity index (χ3v) is 2.86. The Kier molecular flexibility index (Phi) is 4.65. The van der Waals surface area contributed by atoms with Crippen molar-refractivity contribution in [2.75, 3.05) is 17.2 Å². The number of pyridine rings is 2. The minimum absolute atomic E-state index is 0.0447. The molecule has 0 spiro atoms. The zero-order valence-corrected chi connectivity index (χ0v) is 12.0. The van der Waals surface area contributed by atoms with Gasteiger partial charge in [0.15, 0.2) is 0 Å². The average molecular weight is 287 g/mol. The van der Waals surface area contributed by atoms with E-state index in [2.05, 4.69) is 20.6 Å². The molecule has 2 aromatic rings. The molecule has 0 radical (unpaired) electrons. The number of hydrogen-bond donors (Lipinski definition) is 2. The van der Waals surface area contributed by atoms with Crippen LogP contribution in [0, 0.1) is 17.0 Å². The number of aromatic nitrogens is 2. The van der Waals surface area contributed by atoms with Crippen molar-refractivity contribution in [3.63, 3.8) is 0 Å². The van der Waals surface area contributed by atoms with E-state index >= 15 is 0 Å². The molecular formula is C14H17N5O2. The number of nitro groups is 1. The summed E-state index contributed by atoms with van der Waals surface area (Å²) in [5, 5.41) is 17.1. The van der Waals surface area contributed by atoms with Gasteiger partial charge in [-0.1, -0.05) is 6.07 Å². The Morgan fingerprint density at radius 3 is 2.67 bits per heavy atom. The van der Waals surface area contributed by atoms with E-state index in [1.807, 2.05) is 26.0 Å². The predicted octanol–water partition coefficient (Wildman–Crippen LogP) is 2.74. The third kappa shape index (κ3) is 3.88. The van der Waals surface area contributed by atoms with Crippen LogP contribution in [0.25, 0.3) is 0 Å². The SMILES string of the molecule is CCNc1ccc([N+](=O)[O-])c(NCc2ccc(C)nc2)n1. The number of rotatable bonds is 6. The summed E-state index contributed by atoms with van der Waals surface area (Å²) < 4.78 is 0. The van der Waals surface area contributed by atoms with Gasteiger partial charge in [0.1, 0.15) is 5.82 Å². The van der Waals surface area contributed by atoms with Crippen LogP contribution in [-0.2, 0) is 6.54 Å². The second-order valence-electron chi connectivity index (χ2n) is 4.51. The molecule has 0 fully saturated rings. The molecule has 0 atom stereocenters. The molecule has 0 amide bonds. The maximum atomic E-state index is 11.0. The van der Waals surface area contributed by atoms with Crippen LogP contribution in [0.15, 0.2) is 30.5 Å². The minimum atomic E-state index is -0.446. The van der Waals surface area contributed by atoms with Crippen LogP contribution in [0.3, 0.4) is 0 Å². The summed E-state index contributed by atoms with van der Waals surface area (Å²) in [6, 6.07) is 6.87. The largest absolute Gasteiger partial charge is 0.370 e. The van der Waals surface area contributed by atoms with Crippen molar-refractivity contribution >= 4 is 17.3 Å². The van der Waals surface area contributed by atoms with Gasteiger partial charge in [-0.25, -0.2) is 4.98 Å². The highest BCUT2D eigenvalue weighted by Gasteiger charge is 2.15. The fourth-order valence-corrected chi connectivity index (χ4v) is 1.80. The molecule has 0 aliphatic rings. The molecule has 7 heteroatoms. The van der Waals surface area contributed by atoms with Crippen LogP contribution in [0.1, 0.15) is 18.2 Å². The Hall–Kier alpha value is -2.70. The van der Waals surface area contributed by atoms with E-state index in [0.717, 1.165) is 11.3 Å². The molecule has 0 bridgehead atoms. The van der Waals surface area contributed by atoms with Crippen LogP contribution < -0.4 is 10.6 Å². The van der Waals surface area contributed by atoms with Crippen LogP contribution >= 0.6 is 0 Å². The highest BCUT2D eigenvalue weighted by atomic mass is 16.6. The zero-order valence-electron chi connectivity index (χ0n) is 12.0. The monoisotopic (exact) mass is 287 g/mol. The minimum Gasteiger partial charge on any atom is -0.370 e. The quantitative estimate of drug-likeness (QED) is 0.627. The van der Waals surface area contributed by atoms with Crippen molar-refractivity contribution in [1.29, 1.82) is 0 Å². The molecule has 2 heterocycles. The number of nitrogens with one attached hydrogen (secondary N) is 2. The lowest BCUT2D eigenvalue weighted by atomic mass is 10.2. The van der Waals surface area contributed by atoms with Crippen LogP contribution in [0.4, 0.5) is 17.3 Å². The van der Waals surface area contributed by atoms with E-state index in [4.69, 9.17) is 0 Å². The number of nitrogens with zero attached hydrogens (tertiary/aromatic N) is 3. The van der Waals surface area contributed by atoms with Crippen LogP contribution in [0.2, 0.25) is 0 Å². The Morgan fingerprint density at radius 1 is 1.24 bits per heavy atom. The number of anilines is 2. The molecule has 2 rings (SSSR count). The molecule has 2 aromatic heterocycles. The summed E-state index contributed by atoms with van der Waals surface area (Å²) >= 11 is 0. The molecule has 0 saturated heterocycles. The molecule has 2 N–H and O–H groups in total. The van der Waals surface area contributed by atoms with Gasteiger partial charge in [-0.2, -0.15) is 0 Å². The van der Waals surface area contributed by atoms with Crippen molar-refractivity contribution in [2.45, 2.75) is 20.4 Å². The second kappa shape index (κ2) is 6.65. The molecule has 0 aliphatic heterocycles. The molecule has 0 unspecified atom stereocenters. The van der Waals surface area contributed by atoms with Gasteiger partial charge in [-0.05, 0) is 31.5 Å². The summed E-state index contributed by atoms with van der Waals surface area (Å²) in [4.78, 5) is 19.0. The Balaban J connectivity index is 2.18. The lowest BCUT2D eigenvalue weighted by molar-refractivity contribution is -0.384. The fourth-order valence-electron chi connectivity index (χ4n) is 1.80. The van der Waals surface area contributed by atoms with Crippen molar-refractivity contribution in [1.82, 2.24) is 9.97 Å². The molecule has 21 heavy (non-hydrogen) atoms.